The van der Waals surface area contributed by atoms with Crippen molar-refractivity contribution >= 4 is 11.9 Å². The summed E-state index contributed by atoms with van der Waals surface area (Å²) in [5.74, 6) is -1.39. The summed E-state index contributed by atoms with van der Waals surface area (Å²) < 4.78 is 0. The zero-order chi connectivity index (χ0) is 13.1. The van der Waals surface area contributed by atoms with Crippen LogP contribution in [0.4, 0.5) is 0 Å². The fraction of sp³-hybridized carbons (Fsp3) is 0.385. The molecule has 0 spiro atoms. The summed E-state index contributed by atoms with van der Waals surface area (Å²) in [5.41, 5.74) is 0.220. The Labute approximate surface area is 101 Å². The topological polar surface area (TPSA) is 66.4 Å². The van der Waals surface area contributed by atoms with Crippen LogP contribution < -0.4 is 5.32 Å². The Morgan fingerprint density at radius 2 is 2.06 bits per heavy atom. The van der Waals surface area contributed by atoms with Gasteiger partial charge in [0.2, 0.25) is 0 Å². The summed E-state index contributed by atoms with van der Waals surface area (Å²) in [6, 6.07) is 7.05. The first kappa shape index (κ1) is 13.2. The van der Waals surface area contributed by atoms with Crippen molar-refractivity contribution in [2.75, 3.05) is 0 Å². The third-order valence-corrected chi connectivity index (χ3v) is 2.85. The number of carbonyl (C=O) groups is 2. The normalized spacial score (nSPS) is 13.8. The maximum atomic E-state index is 11.9. The van der Waals surface area contributed by atoms with E-state index in [1.165, 1.54) is 6.92 Å². The molecule has 92 valence electrons. The van der Waals surface area contributed by atoms with Gasteiger partial charge in [0.15, 0.2) is 0 Å². The molecule has 1 aromatic carbocycles. The molecule has 0 aliphatic rings. The van der Waals surface area contributed by atoms with Gasteiger partial charge >= 0.3 is 5.97 Å². The van der Waals surface area contributed by atoms with E-state index in [0.717, 1.165) is 5.56 Å². The van der Waals surface area contributed by atoms with Crippen LogP contribution in [0.5, 0.6) is 0 Å². The summed E-state index contributed by atoms with van der Waals surface area (Å²) in [5, 5.41) is 11.6. The lowest BCUT2D eigenvalue weighted by Crippen LogP contribution is -2.51. The number of rotatable bonds is 4. The molecule has 1 atom stereocenters. The third kappa shape index (κ3) is 3.06. The number of benzene rings is 1. The van der Waals surface area contributed by atoms with Gasteiger partial charge in [0.1, 0.15) is 5.54 Å². The molecule has 4 nitrogen and oxygen atoms in total. The van der Waals surface area contributed by atoms with Gasteiger partial charge in [-0.3, -0.25) is 4.79 Å². The molecule has 0 aromatic heterocycles. The first-order valence-electron chi connectivity index (χ1n) is 5.51. The highest BCUT2D eigenvalue weighted by molar-refractivity contribution is 5.97. The van der Waals surface area contributed by atoms with E-state index in [4.69, 9.17) is 5.11 Å². The molecule has 17 heavy (non-hydrogen) atoms. The molecular formula is C13H17NO3. The van der Waals surface area contributed by atoms with Crippen LogP contribution >= 0.6 is 0 Å². The van der Waals surface area contributed by atoms with Crippen LogP contribution in [0.15, 0.2) is 24.3 Å². The van der Waals surface area contributed by atoms with Gasteiger partial charge in [-0.2, -0.15) is 0 Å². The summed E-state index contributed by atoms with van der Waals surface area (Å²) in [4.78, 5) is 23.0. The highest BCUT2D eigenvalue weighted by Crippen LogP contribution is 2.12. The van der Waals surface area contributed by atoms with Crippen LogP contribution in [0.25, 0.3) is 0 Å². The van der Waals surface area contributed by atoms with Gasteiger partial charge < -0.3 is 10.4 Å². The van der Waals surface area contributed by atoms with Crippen molar-refractivity contribution in [3.8, 4) is 0 Å². The minimum atomic E-state index is -1.22. The van der Waals surface area contributed by atoms with Crippen LogP contribution in [-0.2, 0) is 4.79 Å². The van der Waals surface area contributed by atoms with Crippen molar-refractivity contribution in [3.63, 3.8) is 0 Å². The molecule has 1 aromatic rings. The minimum absolute atomic E-state index is 0.333. The predicted octanol–water partition coefficient (Wildman–Crippen LogP) is 1.98. The van der Waals surface area contributed by atoms with E-state index < -0.39 is 11.5 Å². The number of nitrogens with one attached hydrogen (secondary N) is 1. The molecule has 1 rings (SSSR count). The lowest BCUT2D eigenvalue weighted by atomic mass is 9.98. The van der Waals surface area contributed by atoms with Gasteiger partial charge in [0, 0.05) is 5.56 Å². The first-order chi connectivity index (χ1) is 7.89. The highest BCUT2D eigenvalue weighted by Gasteiger charge is 2.32. The van der Waals surface area contributed by atoms with E-state index >= 15 is 0 Å². The van der Waals surface area contributed by atoms with Crippen molar-refractivity contribution in [2.24, 2.45) is 0 Å². The Balaban J connectivity index is 2.89. The van der Waals surface area contributed by atoms with Gasteiger partial charge in [0.05, 0.1) is 0 Å². The summed E-state index contributed by atoms with van der Waals surface area (Å²) in [6.07, 6.45) is 0.333. The second kappa shape index (κ2) is 4.99. The molecule has 0 fully saturated rings. The molecule has 4 heteroatoms. The van der Waals surface area contributed by atoms with Crippen molar-refractivity contribution < 1.29 is 14.7 Å². The molecule has 0 bridgehead atoms. The lowest BCUT2D eigenvalue weighted by molar-refractivity contribution is -0.143. The second-order valence-electron chi connectivity index (χ2n) is 4.31. The van der Waals surface area contributed by atoms with Crippen molar-refractivity contribution in [1.29, 1.82) is 0 Å². The van der Waals surface area contributed by atoms with Crippen LogP contribution in [0.2, 0.25) is 0 Å². The van der Waals surface area contributed by atoms with E-state index in [1.807, 2.05) is 13.0 Å². The molecule has 0 heterocycles. The molecule has 0 saturated carbocycles. The molecule has 0 radical (unpaired) electrons. The third-order valence-electron chi connectivity index (χ3n) is 2.85. The zero-order valence-electron chi connectivity index (χ0n) is 10.3. The molecule has 1 unspecified atom stereocenters. The SMILES string of the molecule is CCC(C)(NC(=O)c1cccc(C)c1)C(=O)O. The quantitative estimate of drug-likeness (QED) is 0.838. The number of hydrogen-bond acceptors (Lipinski definition) is 2. The van der Waals surface area contributed by atoms with E-state index in [2.05, 4.69) is 5.32 Å². The van der Waals surface area contributed by atoms with Crippen LogP contribution in [0.3, 0.4) is 0 Å². The number of carboxylic acids is 1. The highest BCUT2D eigenvalue weighted by atomic mass is 16.4. The molecule has 1 amide bonds. The van der Waals surface area contributed by atoms with Crippen molar-refractivity contribution in [2.45, 2.75) is 32.7 Å². The molecule has 0 aliphatic heterocycles. The number of carboxylic acid groups (broad SMARTS) is 1. The Morgan fingerprint density at radius 3 is 2.53 bits per heavy atom. The van der Waals surface area contributed by atoms with Gasteiger partial charge in [-0.25, -0.2) is 4.79 Å². The van der Waals surface area contributed by atoms with E-state index in [9.17, 15) is 9.59 Å². The maximum absolute atomic E-state index is 11.9. The average Bonchev–Trinajstić information content (AvgIpc) is 2.28. The summed E-state index contributed by atoms with van der Waals surface area (Å²) in [6.45, 7) is 5.11. The van der Waals surface area contributed by atoms with E-state index in [1.54, 1.807) is 25.1 Å². The van der Waals surface area contributed by atoms with Crippen molar-refractivity contribution in [3.05, 3.63) is 35.4 Å². The second-order valence-corrected chi connectivity index (χ2v) is 4.31. The fourth-order valence-electron chi connectivity index (χ4n) is 1.40. The fourth-order valence-corrected chi connectivity index (χ4v) is 1.40. The Hall–Kier alpha value is -1.84. The first-order valence-corrected chi connectivity index (χ1v) is 5.51. The zero-order valence-corrected chi connectivity index (χ0v) is 10.3. The van der Waals surface area contributed by atoms with Crippen LogP contribution in [0.1, 0.15) is 36.2 Å². The van der Waals surface area contributed by atoms with Crippen LogP contribution in [0, 0.1) is 6.92 Å². The summed E-state index contributed by atoms with van der Waals surface area (Å²) >= 11 is 0. The molecule has 0 saturated heterocycles. The maximum Gasteiger partial charge on any atom is 0.329 e. The van der Waals surface area contributed by atoms with Gasteiger partial charge in [0.25, 0.3) is 5.91 Å². The predicted molar refractivity (Wildman–Crippen MR) is 65.0 cm³/mol. The van der Waals surface area contributed by atoms with E-state index in [-0.39, 0.29) is 5.91 Å². The number of carbonyl (C=O) groups excluding carboxylic acids is 1. The number of hydrogen-bond donors (Lipinski definition) is 2. The van der Waals surface area contributed by atoms with Crippen LogP contribution in [-0.4, -0.2) is 22.5 Å². The van der Waals surface area contributed by atoms with Gasteiger partial charge in [-0.15, -0.1) is 0 Å². The molecule has 0 aliphatic carbocycles. The molecular weight excluding hydrogens is 218 g/mol. The Morgan fingerprint density at radius 1 is 1.41 bits per heavy atom. The monoisotopic (exact) mass is 235 g/mol. The Bertz CT molecular complexity index is 442. The standard InChI is InChI=1S/C13H17NO3/c1-4-13(3,12(16)17)14-11(15)10-7-5-6-9(2)8-10/h5-8H,4H2,1-3H3,(H,14,15)(H,16,17). The average molecular weight is 235 g/mol. The lowest BCUT2D eigenvalue weighted by Gasteiger charge is -2.24. The van der Waals surface area contributed by atoms with Gasteiger partial charge in [-0.1, -0.05) is 24.6 Å². The molecule has 2 N–H and O–H groups in total. The smallest absolute Gasteiger partial charge is 0.329 e. The number of aliphatic carboxylic acids is 1. The van der Waals surface area contributed by atoms with Crippen molar-refractivity contribution in [1.82, 2.24) is 5.32 Å². The van der Waals surface area contributed by atoms with E-state index in [0.29, 0.717) is 12.0 Å². The minimum Gasteiger partial charge on any atom is -0.480 e. The largest absolute Gasteiger partial charge is 0.480 e. The summed E-state index contributed by atoms with van der Waals surface area (Å²) in [7, 11) is 0. The Kier molecular flexibility index (Phi) is 3.89. The number of amides is 1. The van der Waals surface area contributed by atoms with Gasteiger partial charge in [-0.05, 0) is 32.4 Å². The number of aryl methyl sites for hydroxylation is 1.